The van der Waals surface area contributed by atoms with Gasteiger partial charge >= 0.3 is 5.97 Å². The van der Waals surface area contributed by atoms with E-state index in [1.165, 1.54) is 0 Å². The number of carbonyl (C=O) groups is 3. The van der Waals surface area contributed by atoms with Gasteiger partial charge in [0.1, 0.15) is 6.04 Å². The number of ether oxygens (including phenoxy) is 1. The Morgan fingerprint density at radius 1 is 1.11 bits per heavy atom. The van der Waals surface area contributed by atoms with Crippen LogP contribution in [0.5, 0.6) is 0 Å². The van der Waals surface area contributed by atoms with Gasteiger partial charge in [0.05, 0.1) is 12.2 Å². The molecule has 0 aromatic heterocycles. The van der Waals surface area contributed by atoms with Gasteiger partial charge in [-0.25, -0.2) is 4.79 Å². The lowest BCUT2D eigenvalue weighted by Gasteiger charge is -2.22. The fraction of sp³-hybridized carbons (Fsp3) is 0.286. The molecule has 0 unspecified atom stereocenters. The molecule has 140 valence electrons. The van der Waals surface area contributed by atoms with Crippen LogP contribution in [0.15, 0.2) is 48.5 Å². The molecule has 0 radical (unpaired) electrons. The fourth-order valence-electron chi connectivity index (χ4n) is 3.00. The van der Waals surface area contributed by atoms with Crippen molar-refractivity contribution in [3.05, 3.63) is 59.7 Å². The van der Waals surface area contributed by atoms with Crippen molar-refractivity contribution in [3.8, 4) is 11.1 Å². The van der Waals surface area contributed by atoms with Crippen LogP contribution in [0.4, 0.5) is 0 Å². The molecule has 3 rings (SSSR count). The monoisotopic (exact) mass is 366 g/mol. The van der Waals surface area contributed by atoms with E-state index in [1.54, 1.807) is 37.3 Å². The summed E-state index contributed by atoms with van der Waals surface area (Å²) in [4.78, 5) is 36.1. The maximum atomic E-state index is 12.5. The minimum absolute atomic E-state index is 0.139. The van der Waals surface area contributed by atoms with Crippen LogP contribution < -0.4 is 10.6 Å². The zero-order valence-corrected chi connectivity index (χ0v) is 15.2. The second-order valence-corrected chi connectivity index (χ2v) is 6.34. The molecular weight excluding hydrogens is 344 g/mol. The van der Waals surface area contributed by atoms with Crippen LogP contribution in [-0.4, -0.2) is 37.0 Å². The highest BCUT2D eigenvalue weighted by molar-refractivity contribution is 5.98. The van der Waals surface area contributed by atoms with E-state index in [0.717, 1.165) is 17.5 Å². The summed E-state index contributed by atoms with van der Waals surface area (Å²) in [6, 6.07) is 13.7. The van der Waals surface area contributed by atoms with E-state index in [0.29, 0.717) is 30.7 Å². The van der Waals surface area contributed by atoms with Crippen molar-refractivity contribution in [2.45, 2.75) is 25.8 Å². The standard InChI is InChI=1S/C21H22N2O4/c1-2-27-21(26)15-10-8-14(9-11-15)16-5-3-6-17(13-16)19(24)23-18-7-4-12-22-20(18)25/h3,5-6,8-11,13,18H,2,4,7,12H2,1H3,(H,22,25)(H,23,24)/t18-/m0/s1. The van der Waals surface area contributed by atoms with Crippen molar-refractivity contribution < 1.29 is 19.1 Å². The van der Waals surface area contributed by atoms with Crippen molar-refractivity contribution in [1.29, 1.82) is 0 Å². The first-order valence-electron chi connectivity index (χ1n) is 9.04. The summed E-state index contributed by atoms with van der Waals surface area (Å²) in [5, 5.41) is 5.55. The first-order chi connectivity index (χ1) is 13.1. The Balaban J connectivity index is 1.74. The average Bonchev–Trinajstić information content (AvgIpc) is 2.70. The van der Waals surface area contributed by atoms with Gasteiger partial charge in [0, 0.05) is 12.1 Å². The summed E-state index contributed by atoms with van der Waals surface area (Å²) < 4.78 is 4.98. The third kappa shape index (κ3) is 4.53. The van der Waals surface area contributed by atoms with Gasteiger partial charge in [-0.15, -0.1) is 0 Å². The van der Waals surface area contributed by atoms with Gasteiger partial charge in [-0.2, -0.15) is 0 Å². The molecule has 0 aliphatic carbocycles. The van der Waals surface area contributed by atoms with Crippen molar-refractivity contribution in [1.82, 2.24) is 10.6 Å². The molecule has 1 aliphatic heterocycles. The van der Waals surface area contributed by atoms with E-state index >= 15 is 0 Å². The summed E-state index contributed by atoms with van der Waals surface area (Å²) in [6.07, 6.45) is 1.50. The number of carbonyl (C=O) groups excluding carboxylic acids is 3. The number of nitrogens with one attached hydrogen (secondary N) is 2. The predicted octanol–water partition coefficient (Wildman–Crippen LogP) is 2.54. The molecule has 0 bridgehead atoms. The molecule has 1 heterocycles. The van der Waals surface area contributed by atoms with E-state index in [-0.39, 0.29) is 17.8 Å². The number of rotatable bonds is 5. The highest BCUT2D eigenvalue weighted by Gasteiger charge is 2.24. The van der Waals surface area contributed by atoms with Crippen LogP contribution in [0.1, 0.15) is 40.5 Å². The van der Waals surface area contributed by atoms with Crippen LogP contribution in [0.25, 0.3) is 11.1 Å². The summed E-state index contributed by atoms with van der Waals surface area (Å²) in [7, 11) is 0. The minimum atomic E-state index is -0.487. The Hall–Kier alpha value is -3.15. The molecule has 0 spiro atoms. The largest absolute Gasteiger partial charge is 0.462 e. The molecule has 1 saturated heterocycles. The second kappa shape index (κ2) is 8.49. The maximum Gasteiger partial charge on any atom is 0.338 e. The lowest BCUT2D eigenvalue weighted by molar-refractivity contribution is -0.124. The zero-order chi connectivity index (χ0) is 19.2. The van der Waals surface area contributed by atoms with Gasteiger partial charge in [-0.05, 0) is 55.2 Å². The van der Waals surface area contributed by atoms with Gasteiger partial charge < -0.3 is 15.4 Å². The highest BCUT2D eigenvalue weighted by atomic mass is 16.5. The molecule has 6 heteroatoms. The lowest BCUT2D eigenvalue weighted by atomic mass is 10.0. The van der Waals surface area contributed by atoms with Crippen LogP contribution in [0.3, 0.4) is 0 Å². The Bertz CT molecular complexity index is 846. The van der Waals surface area contributed by atoms with Gasteiger partial charge in [0.15, 0.2) is 0 Å². The number of benzene rings is 2. The number of hydrogen-bond acceptors (Lipinski definition) is 4. The molecule has 1 aliphatic rings. The molecule has 6 nitrogen and oxygen atoms in total. The van der Waals surface area contributed by atoms with Crippen molar-refractivity contribution >= 4 is 17.8 Å². The van der Waals surface area contributed by atoms with E-state index < -0.39 is 6.04 Å². The Morgan fingerprint density at radius 3 is 2.59 bits per heavy atom. The van der Waals surface area contributed by atoms with Gasteiger partial charge in [-0.3, -0.25) is 9.59 Å². The van der Waals surface area contributed by atoms with E-state index in [1.807, 2.05) is 18.2 Å². The summed E-state index contributed by atoms with van der Waals surface area (Å²) in [5.41, 5.74) is 2.71. The number of hydrogen-bond donors (Lipinski definition) is 2. The minimum Gasteiger partial charge on any atom is -0.462 e. The second-order valence-electron chi connectivity index (χ2n) is 6.34. The quantitative estimate of drug-likeness (QED) is 0.797. The Labute approximate surface area is 157 Å². The molecule has 1 fully saturated rings. The predicted molar refractivity (Wildman–Crippen MR) is 101 cm³/mol. The average molecular weight is 366 g/mol. The Kier molecular flexibility index (Phi) is 5.86. The van der Waals surface area contributed by atoms with E-state index in [2.05, 4.69) is 10.6 Å². The normalized spacial score (nSPS) is 16.3. The third-order valence-electron chi connectivity index (χ3n) is 4.44. The molecule has 2 aromatic carbocycles. The molecule has 0 saturated carbocycles. The molecule has 2 amide bonds. The van der Waals surface area contributed by atoms with Crippen molar-refractivity contribution in [2.75, 3.05) is 13.2 Å². The van der Waals surface area contributed by atoms with Crippen molar-refractivity contribution in [3.63, 3.8) is 0 Å². The smallest absolute Gasteiger partial charge is 0.338 e. The first kappa shape index (κ1) is 18.6. The number of amides is 2. The summed E-state index contributed by atoms with van der Waals surface area (Å²) >= 11 is 0. The van der Waals surface area contributed by atoms with Gasteiger partial charge in [0.25, 0.3) is 5.91 Å². The molecule has 2 aromatic rings. The SMILES string of the molecule is CCOC(=O)c1ccc(-c2cccc(C(=O)N[C@H]3CCCNC3=O)c2)cc1. The molecular formula is C21H22N2O4. The van der Waals surface area contributed by atoms with Gasteiger partial charge in [-0.1, -0.05) is 24.3 Å². The van der Waals surface area contributed by atoms with E-state index in [4.69, 9.17) is 4.74 Å². The third-order valence-corrected chi connectivity index (χ3v) is 4.44. The van der Waals surface area contributed by atoms with Crippen molar-refractivity contribution in [2.24, 2.45) is 0 Å². The van der Waals surface area contributed by atoms with Crippen LogP contribution in [0.2, 0.25) is 0 Å². The lowest BCUT2D eigenvalue weighted by Crippen LogP contribution is -2.50. The summed E-state index contributed by atoms with van der Waals surface area (Å²) in [6.45, 7) is 2.75. The maximum absolute atomic E-state index is 12.5. The summed E-state index contributed by atoms with van der Waals surface area (Å²) in [5.74, 6) is -0.773. The van der Waals surface area contributed by atoms with E-state index in [9.17, 15) is 14.4 Å². The highest BCUT2D eigenvalue weighted by Crippen LogP contribution is 2.21. The molecule has 1 atom stereocenters. The number of piperidine rings is 1. The first-order valence-corrected chi connectivity index (χ1v) is 9.04. The van der Waals surface area contributed by atoms with Crippen LogP contribution in [0, 0.1) is 0 Å². The van der Waals surface area contributed by atoms with Gasteiger partial charge in [0.2, 0.25) is 5.91 Å². The molecule has 2 N–H and O–H groups in total. The van der Waals surface area contributed by atoms with Crippen LogP contribution in [-0.2, 0) is 9.53 Å². The topological polar surface area (TPSA) is 84.5 Å². The number of esters is 1. The zero-order valence-electron chi connectivity index (χ0n) is 15.2. The Morgan fingerprint density at radius 2 is 1.89 bits per heavy atom. The fourth-order valence-corrected chi connectivity index (χ4v) is 3.00. The van der Waals surface area contributed by atoms with Crippen LogP contribution >= 0.6 is 0 Å². The molecule has 27 heavy (non-hydrogen) atoms.